The molecule has 11 heteroatoms. The van der Waals surface area contributed by atoms with Gasteiger partial charge in [0.05, 0.1) is 31.4 Å². The Kier molecular flexibility index (Phi) is 6.74. The number of carbonyl (C=O) groups is 1. The minimum Gasteiger partial charge on any atom is -0.497 e. The van der Waals surface area contributed by atoms with Crippen molar-refractivity contribution in [3.8, 4) is 5.75 Å². The lowest BCUT2D eigenvalue weighted by atomic mass is 10.1. The van der Waals surface area contributed by atoms with Gasteiger partial charge in [0.1, 0.15) is 11.5 Å². The summed E-state index contributed by atoms with van der Waals surface area (Å²) >= 11 is 1.17. The van der Waals surface area contributed by atoms with E-state index in [4.69, 9.17) is 15.0 Å². The first kappa shape index (κ1) is 20.3. The fourth-order valence-electron chi connectivity index (χ4n) is 2.28. The van der Waals surface area contributed by atoms with E-state index in [1.807, 2.05) is 31.2 Å². The summed E-state index contributed by atoms with van der Waals surface area (Å²) in [6.45, 7) is 2.17. The van der Waals surface area contributed by atoms with Gasteiger partial charge in [-0.1, -0.05) is 23.9 Å². The Labute approximate surface area is 171 Å². The third kappa shape index (κ3) is 5.51. The predicted molar refractivity (Wildman–Crippen MR) is 110 cm³/mol. The fraction of sp³-hybridized carbons (Fsp3) is 0.222. The number of amides is 1. The molecule has 2 aromatic heterocycles. The van der Waals surface area contributed by atoms with Crippen LogP contribution in [0, 0.1) is 0 Å². The molecule has 0 atom stereocenters. The number of nitrogens with one attached hydrogen (secondary N) is 2. The highest BCUT2D eigenvalue weighted by Gasteiger charge is 2.12. The van der Waals surface area contributed by atoms with Crippen molar-refractivity contribution in [2.45, 2.75) is 18.6 Å². The molecule has 1 aromatic carbocycles. The van der Waals surface area contributed by atoms with Gasteiger partial charge in [0, 0.05) is 5.56 Å². The molecule has 0 saturated heterocycles. The van der Waals surface area contributed by atoms with Crippen LogP contribution in [0.3, 0.4) is 0 Å². The quantitative estimate of drug-likeness (QED) is 0.209. The van der Waals surface area contributed by atoms with E-state index in [2.05, 4.69) is 26.0 Å². The number of nitrogens with zero attached hydrogens (tertiary/aromatic N) is 4. The lowest BCUT2D eigenvalue weighted by Gasteiger charge is -2.06. The van der Waals surface area contributed by atoms with Gasteiger partial charge in [0.2, 0.25) is 11.1 Å². The lowest BCUT2D eigenvalue weighted by Crippen LogP contribution is -2.24. The number of ether oxygens (including phenoxy) is 1. The summed E-state index contributed by atoms with van der Waals surface area (Å²) in [5.74, 6) is 7.63. The van der Waals surface area contributed by atoms with Crippen LogP contribution in [-0.2, 0) is 11.3 Å². The van der Waals surface area contributed by atoms with Gasteiger partial charge in [0.25, 0.3) is 5.95 Å². The fourth-order valence-corrected chi connectivity index (χ4v) is 2.96. The van der Waals surface area contributed by atoms with Gasteiger partial charge in [-0.05, 0) is 31.2 Å². The van der Waals surface area contributed by atoms with Crippen LogP contribution in [0.1, 0.15) is 18.2 Å². The standard InChI is InChI=1S/C18H21N7O3S/c1-12(13-5-3-6-14(9-13)27-2)21-22-17-23-24-18(25(17)19)29-11-16(26)20-10-15-7-4-8-28-15/h3-9H,10-11,19H2,1-2H3,(H,20,26)(H,22,23)/b21-12+. The average molecular weight is 415 g/mol. The van der Waals surface area contributed by atoms with Crippen LogP contribution in [0.5, 0.6) is 5.75 Å². The summed E-state index contributed by atoms with van der Waals surface area (Å²) in [4.78, 5) is 11.9. The van der Waals surface area contributed by atoms with E-state index >= 15 is 0 Å². The molecule has 2 heterocycles. The molecule has 0 fully saturated rings. The van der Waals surface area contributed by atoms with Crippen molar-refractivity contribution < 1.29 is 13.9 Å². The van der Waals surface area contributed by atoms with Gasteiger partial charge in [-0.3, -0.25) is 4.79 Å². The molecule has 29 heavy (non-hydrogen) atoms. The second kappa shape index (κ2) is 9.64. The largest absolute Gasteiger partial charge is 0.497 e. The summed E-state index contributed by atoms with van der Waals surface area (Å²) < 4.78 is 11.6. The predicted octanol–water partition coefficient (Wildman–Crippen LogP) is 1.84. The molecule has 0 unspecified atom stereocenters. The molecule has 0 saturated carbocycles. The second-order valence-corrected chi connectivity index (χ2v) is 6.80. The molecule has 3 rings (SSSR count). The topological polar surface area (TPSA) is 133 Å². The number of hydrogen-bond acceptors (Lipinski definition) is 9. The summed E-state index contributed by atoms with van der Waals surface area (Å²) in [5, 5.41) is 15.3. The van der Waals surface area contributed by atoms with Crippen LogP contribution in [0.4, 0.5) is 5.95 Å². The SMILES string of the molecule is COc1cccc(/C(C)=N/Nc2nnc(SCC(=O)NCc3ccco3)n2N)c1. The summed E-state index contributed by atoms with van der Waals surface area (Å²) in [7, 11) is 1.61. The van der Waals surface area contributed by atoms with Crippen LogP contribution >= 0.6 is 11.8 Å². The maximum atomic E-state index is 11.9. The molecular formula is C18H21N7O3S. The molecule has 10 nitrogen and oxygen atoms in total. The third-order valence-electron chi connectivity index (χ3n) is 3.85. The number of thioether (sulfide) groups is 1. The van der Waals surface area contributed by atoms with E-state index in [0.717, 1.165) is 17.0 Å². The molecule has 3 aromatic rings. The highest BCUT2D eigenvalue weighted by Crippen LogP contribution is 2.17. The normalized spacial score (nSPS) is 11.3. The smallest absolute Gasteiger partial charge is 0.264 e. The van der Waals surface area contributed by atoms with Crippen molar-refractivity contribution in [2.75, 3.05) is 24.1 Å². The van der Waals surface area contributed by atoms with Crippen LogP contribution in [-0.4, -0.2) is 39.4 Å². The van der Waals surface area contributed by atoms with Gasteiger partial charge in [-0.25, -0.2) is 10.1 Å². The number of nitrogens with two attached hydrogens (primary N) is 1. The second-order valence-electron chi connectivity index (χ2n) is 5.86. The Morgan fingerprint density at radius 1 is 1.34 bits per heavy atom. The van der Waals surface area contributed by atoms with E-state index in [9.17, 15) is 4.79 Å². The number of nitrogen functional groups attached to an aromatic ring is 1. The Morgan fingerprint density at radius 3 is 2.97 bits per heavy atom. The average Bonchev–Trinajstić information content (AvgIpc) is 3.39. The van der Waals surface area contributed by atoms with Gasteiger partial charge < -0.3 is 20.3 Å². The monoisotopic (exact) mass is 415 g/mol. The van der Waals surface area contributed by atoms with Gasteiger partial charge in [-0.2, -0.15) is 5.10 Å². The number of aromatic nitrogens is 3. The van der Waals surface area contributed by atoms with Crippen molar-refractivity contribution >= 4 is 29.3 Å². The summed E-state index contributed by atoms with van der Waals surface area (Å²) in [5.41, 5.74) is 4.40. The van der Waals surface area contributed by atoms with Crippen LogP contribution in [0.15, 0.2) is 57.3 Å². The van der Waals surface area contributed by atoms with Crippen molar-refractivity contribution in [2.24, 2.45) is 5.10 Å². The highest BCUT2D eigenvalue weighted by atomic mass is 32.2. The van der Waals surface area contributed by atoms with E-state index in [1.165, 1.54) is 16.4 Å². The highest BCUT2D eigenvalue weighted by molar-refractivity contribution is 7.99. The molecule has 4 N–H and O–H groups in total. The number of rotatable bonds is 9. The summed E-state index contributed by atoms with van der Waals surface area (Å²) in [6, 6.07) is 11.1. The number of furan rings is 1. The first-order valence-electron chi connectivity index (χ1n) is 8.64. The molecule has 152 valence electrons. The number of benzene rings is 1. The molecule has 0 aliphatic carbocycles. The molecule has 0 aliphatic rings. The van der Waals surface area contributed by atoms with E-state index in [0.29, 0.717) is 17.5 Å². The number of hydrogen-bond donors (Lipinski definition) is 3. The van der Waals surface area contributed by atoms with Gasteiger partial charge in [0.15, 0.2) is 0 Å². The first-order valence-corrected chi connectivity index (χ1v) is 9.62. The number of methoxy groups -OCH3 is 1. The Bertz CT molecular complexity index is 985. The van der Waals surface area contributed by atoms with Crippen LogP contribution in [0.2, 0.25) is 0 Å². The molecule has 1 amide bonds. The van der Waals surface area contributed by atoms with E-state index in [1.54, 1.807) is 25.5 Å². The Morgan fingerprint density at radius 2 is 2.21 bits per heavy atom. The maximum Gasteiger partial charge on any atom is 0.264 e. The zero-order valence-electron chi connectivity index (χ0n) is 16.0. The molecule has 0 radical (unpaired) electrons. The van der Waals surface area contributed by atoms with E-state index < -0.39 is 0 Å². The third-order valence-corrected chi connectivity index (χ3v) is 4.79. The van der Waals surface area contributed by atoms with Crippen molar-refractivity contribution in [3.63, 3.8) is 0 Å². The first-order chi connectivity index (χ1) is 14.1. The van der Waals surface area contributed by atoms with Crippen molar-refractivity contribution in [1.82, 2.24) is 20.2 Å². The molecule has 0 bridgehead atoms. The number of anilines is 1. The van der Waals surface area contributed by atoms with Crippen molar-refractivity contribution in [3.05, 3.63) is 54.0 Å². The molecular weight excluding hydrogens is 394 g/mol. The van der Waals surface area contributed by atoms with Gasteiger partial charge >= 0.3 is 0 Å². The molecule has 0 aliphatic heterocycles. The Balaban J connectivity index is 1.53. The van der Waals surface area contributed by atoms with Crippen molar-refractivity contribution in [1.29, 1.82) is 0 Å². The zero-order valence-corrected chi connectivity index (χ0v) is 16.8. The van der Waals surface area contributed by atoms with Gasteiger partial charge in [-0.15, -0.1) is 10.2 Å². The van der Waals surface area contributed by atoms with Crippen LogP contribution < -0.4 is 21.3 Å². The summed E-state index contributed by atoms with van der Waals surface area (Å²) in [6.07, 6.45) is 1.56. The zero-order chi connectivity index (χ0) is 20.6. The lowest BCUT2D eigenvalue weighted by molar-refractivity contribution is -0.118. The number of carbonyl (C=O) groups excluding carboxylic acids is 1. The minimum atomic E-state index is -0.171. The minimum absolute atomic E-state index is 0.141. The Hall–Kier alpha value is -3.47. The maximum absolute atomic E-state index is 11.9. The van der Waals surface area contributed by atoms with E-state index in [-0.39, 0.29) is 17.6 Å². The molecule has 0 spiro atoms. The van der Waals surface area contributed by atoms with Crippen LogP contribution in [0.25, 0.3) is 0 Å². The number of hydrazone groups is 1.